The van der Waals surface area contributed by atoms with Gasteiger partial charge in [0.1, 0.15) is 11.2 Å². The van der Waals surface area contributed by atoms with Gasteiger partial charge in [-0.2, -0.15) is 13.2 Å². The molecule has 0 saturated heterocycles. The summed E-state index contributed by atoms with van der Waals surface area (Å²) in [6.07, 6.45) is -1.90. The lowest BCUT2D eigenvalue weighted by molar-refractivity contribution is -0.140. The molecule has 0 amide bonds. The number of aliphatic carboxylic acids is 1. The van der Waals surface area contributed by atoms with Crippen molar-refractivity contribution in [1.29, 1.82) is 0 Å². The topological polar surface area (TPSA) is 115 Å². The lowest BCUT2D eigenvalue weighted by Gasteiger charge is -2.14. The number of imidazole rings is 1. The molecule has 3 aromatic heterocycles. The Morgan fingerprint density at radius 3 is 2.45 bits per heavy atom. The van der Waals surface area contributed by atoms with E-state index >= 15 is 0 Å². The van der Waals surface area contributed by atoms with Gasteiger partial charge in [-0.25, -0.2) is 18.4 Å². The van der Waals surface area contributed by atoms with Crippen molar-refractivity contribution in [2.75, 3.05) is 5.75 Å². The predicted molar refractivity (Wildman–Crippen MR) is 103 cm³/mol. The fourth-order valence-corrected chi connectivity index (χ4v) is 4.52. The highest BCUT2D eigenvalue weighted by Crippen LogP contribution is 2.49. The van der Waals surface area contributed by atoms with E-state index in [1.165, 1.54) is 30.8 Å². The van der Waals surface area contributed by atoms with Crippen molar-refractivity contribution in [2.24, 2.45) is 7.05 Å². The minimum Gasteiger partial charge on any atom is -0.481 e. The highest BCUT2D eigenvalue weighted by Gasteiger charge is 2.52. The normalized spacial score (nSPS) is 15.9. The molecule has 8 nitrogen and oxygen atoms in total. The van der Waals surface area contributed by atoms with E-state index in [4.69, 9.17) is 0 Å². The second kappa shape index (κ2) is 6.74. The van der Waals surface area contributed by atoms with Gasteiger partial charge >= 0.3 is 12.1 Å². The van der Waals surface area contributed by atoms with Crippen LogP contribution in [0, 0.1) is 0 Å². The lowest BCUT2D eigenvalue weighted by atomic mass is 9.98. The van der Waals surface area contributed by atoms with E-state index in [1.54, 1.807) is 0 Å². The summed E-state index contributed by atoms with van der Waals surface area (Å²) in [5.41, 5.74) is -1.89. The molecular weight excluding hydrogens is 437 g/mol. The van der Waals surface area contributed by atoms with Gasteiger partial charge in [-0.05, 0) is 30.5 Å². The van der Waals surface area contributed by atoms with Crippen LogP contribution in [0.25, 0.3) is 22.7 Å². The summed E-state index contributed by atoms with van der Waals surface area (Å²) < 4.78 is 66.0. The van der Waals surface area contributed by atoms with Gasteiger partial charge in [-0.15, -0.1) is 0 Å². The number of carboxylic acid groups (broad SMARTS) is 1. The van der Waals surface area contributed by atoms with E-state index in [1.807, 2.05) is 0 Å². The summed E-state index contributed by atoms with van der Waals surface area (Å²) >= 11 is 0. The molecule has 1 aliphatic rings. The van der Waals surface area contributed by atoms with Crippen LogP contribution in [0.4, 0.5) is 13.2 Å². The number of hydrogen-bond acceptors (Lipinski definition) is 6. The number of aromatic nitrogens is 4. The quantitative estimate of drug-likeness (QED) is 0.630. The van der Waals surface area contributed by atoms with E-state index in [9.17, 15) is 31.5 Å². The Hall–Kier alpha value is -3.02. The van der Waals surface area contributed by atoms with Gasteiger partial charge in [0.15, 0.2) is 21.3 Å². The first kappa shape index (κ1) is 21.2. The molecule has 0 spiro atoms. The van der Waals surface area contributed by atoms with E-state index in [0.29, 0.717) is 19.0 Å². The molecule has 0 aliphatic heterocycles. The molecule has 31 heavy (non-hydrogen) atoms. The highest BCUT2D eigenvalue weighted by molar-refractivity contribution is 7.91. The third kappa shape index (κ3) is 3.34. The second-order valence-corrected chi connectivity index (χ2v) is 9.67. The average Bonchev–Trinajstić information content (AvgIpc) is 3.46. The molecule has 1 N–H and O–H groups in total. The first-order valence-corrected chi connectivity index (χ1v) is 10.9. The van der Waals surface area contributed by atoms with Crippen molar-refractivity contribution >= 4 is 27.0 Å². The van der Waals surface area contributed by atoms with Crippen molar-refractivity contribution < 1.29 is 31.5 Å². The summed E-state index contributed by atoms with van der Waals surface area (Å²) in [6.45, 7) is 1.43. The Labute approximate surface area is 174 Å². The zero-order valence-electron chi connectivity index (χ0n) is 16.4. The molecule has 0 unspecified atom stereocenters. The van der Waals surface area contributed by atoms with Gasteiger partial charge in [-0.1, -0.05) is 6.92 Å². The van der Waals surface area contributed by atoms with Gasteiger partial charge in [0.05, 0.1) is 21.6 Å². The smallest absolute Gasteiger partial charge is 0.417 e. The Morgan fingerprint density at radius 1 is 1.23 bits per heavy atom. The van der Waals surface area contributed by atoms with Gasteiger partial charge < -0.3 is 9.67 Å². The average molecular weight is 454 g/mol. The molecule has 1 aliphatic carbocycles. The number of rotatable bonds is 5. The number of nitrogens with zero attached hydrogens (tertiary/aromatic N) is 4. The summed E-state index contributed by atoms with van der Waals surface area (Å²) in [5.74, 6) is -1.32. The number of alkyl halides is 3. The van der Waals surface area contributed by atoms with Gasteiger partial charge in [-0.3, -0.25) is 9.78 Å². The maximum Gasteiger partial charge on any atom is 0.417 e. The van der Waals surface area contributed by atoms with Crippen LogP contribution in [0.15, 0.2) is 29.4 Å². The number of halogens is 3. The Balaban J connectivity index is 1.94. The van der Waals surface area contributed by atoms with Crippen LogP contribution in [0.3, 0.4) is 0 Å². The maximum atomic E-state index is 13.0. The van der Waals surface area contributed by atoms with Gasteiger partial charge in [0, 0.05) is 19.4 Å². The van der Waals surface area contributed by atoms with Crippen molar-refractivity contribution in [3.63, 3.8) is 0 Å². The third-order valence-corrected chi connectivity index (χ3v) is 7.27. The lowest BCUT2D eigenvalue weighted by Crippen LogP contribution is -2.21. The fraction of sp³-hybridized carbons (Fsp3) is 0.368. The minimum absolute atomic E-state index is 0.0144. The van der Waals surface area contributed by atoms with Crippen LogP contribution in [-0.4, -0.2) is 44.8 Å². The maximum absolute atomic E-state index is 13.0. The van der Waals surface area contributed by atoms with Gasteiger partial charge in [0.25, 0.3) is 0 Å². The molecule has 12 heteroatoms. The number of fused-ring (bicyclic) bond motifs is 1. The zero-order valence-corrected chi connectivity index (χ0v) is 17.3. The highest BCUT2D eigenvalue weighted by atomic mass is 32.2. The Morgan fingerprint density at radius 2 is 1.90 bits per heavy atom. The Kier molecular flexibility index (Phi) is 4.61. The predicted octanol–water partition coefficient (Wildman–Crippen LogP) is 2.96. The standard InChI is InChI=1S/C19H17F3N4O4S/c1-3-31(29,30)13-7-10(18(4-5-18)17(27)28)8-23-14(13)16-25-12-6-11(19(20,21)22)9-24-15(12)26(16)2/h6-9H,3-5H2,1-2H3,(H,27,28). The van der Waals surface area contributed by atoms with Crippen molar-refractivity contribution in [3.8, 4) is 11.5 Å². The molecule has 1 fully saturated rings. The van der Waals surface area contributed by atoms with E-state index in [0.717, 1.165) is 6.07 Å². The largest absolute Gasteiger partial charge is 0.481 e. The monoisotopic (exact) mass is 454 g/mol. The summed E-state index contributed by atoms with van der Waals surface area (Å²) in [5, 5.41) is 9.53. The molecule has 0 bridgehead atoms. The van der Waals surface area contributed by atoms with Crippen LogP contribution in [0.5, 0.6) is 0 Å². The minimum atomic E-state index is -4.61. The van der Waals surface area contributed by atoms with Crippen LogP contribution in [-0.2, 0) is 33.3 Å². The number of pyridine rings is 2. The molecule has 1 saturated carbocycles. The van der Waals surface area contributed by atoms with E-state index in [2.05, 4.69) is 15.0 Å². The van der Waals surface area contributed by atoms with E-state index in [-0.39, 0.29) is 38.9 Å². The molecule has 0 radical (unpaired) electrons. The summed E-state index contributed by atoms with van der Waals surface area (Å²) in [7, 11) is -2.36. The number of sulfone groups is 1. The van der Waals surface area contributed by atoms with E-state index < -0.39 is 33.0 Å². The molecule has 164 valence electrons. The van der Waals surface area contributed by atoms with Crippen LogP contribution >= 0.6 is 0 Å². The molecule has 0 aromatic carbocycles. The third-order valence-electron chi connectivity index (χ3n) is 5.53. The Bertz CT molecular complexity index is 1330. The number of carbonyl (C=O) groups is 1. The summed E-state index contributed by atoms with van der Waals surface area (Å²) in [6, 6.07) is 2.12. The molecule has 4 rings (SSSR count). The van der Waals surface area contributed by atoms with Gasteiger partial charge in [0.2, 0.25) is 0 Å². The first-order chi connectivity index (χ1) is 14.4. The SMILES string of the molecule is CCS(=O)(=O)c1cc(C2(C(=O)O)CC2)cnc1-c1nc2cc(C(F)(F)F)cnc2n1C. The number of aryl methyl sites for hydroxylation is 1. The zero-order chi connectivity index (χ0) is 22.8. The van der Waals surface area contributed by atoms with Crippen LogP contribution in [0.1, 0.15) is 30.9 Å². The molecular formula is C19H17F3N4O4S. The molecule has 3 aromatic rings. The molecule has 3 heterocycles. The fourth-order valence-electron chi connectivity index (χ4n) is 3.46. The number of carboxylic acids is 1. The van der Waals surface area contributed by atoms with Crippen molar-refractivity contribution in [3.05, 3.63) is 35.7 Å². The molecule has 0 atom stereocenters. The number of hydrogen-bond donors (Lipinski definition) is 1. The first-order valence-electron chi connectivity index (χ1n) is 9.27. The van der Waals surface area contributed by atoms with Crippen molar-refractivity contribution in [1.82, 2.24) is 19.5 Å². The van der Waals surface area contributed by atoms with Crippen LogP contribution < -0.4 is 0 Å². The van der Waals surface area contributed by atoms with Crippen LogP contribution in [0.2, 0.25) is 0 Å². The second-order valence-electron chi connectivity index (χ2n) is 7.42. The van der Waals surface area contributed by atoms with Crippen molar-refractivity contribution in [2.45, 2.75) is 36.3 Å². The summed E-state index contributed by atoms with van der Waals surface area (Å²) in [4.78, 5) is 23.6.